The fourth-order valence-corrected chi connectivity index (χ4v) is 5.52. The first-order chi connectivity index (χ1) is 14.8. The number of nitrogens with one attached hydrogen (secondary N) is 1. The van der Waals surface area contributed by atoms with Crippen LogP contribution in [-0.4, -0.2) is 49.5 Å². The largest absolute Gasteiger partial charge is 0.366 e. The average Bonchev–Trinajstić information content (AvgIpc) is 3.22. The molecule has 0 bridgehead atoms. The third-order valence-electron chi connectivity index (χ3n) is 6.25. The minimum atomic E-state index is -3.16. The highest BCUT2D eigenvalue weighted by molar-refractivity contribution is 7.89. The van der Waals surface area contributed by atoms with Crippen LogP contribution < -0.4 is 10.6 Å². The molecule has 0 unspecified atom stereocenters. The van der Waals surface area contributed by atoms with Gasteiger partial charge in [0.15, 0.2) is 0 Å². The van der Waals surface area contributed by atoms with E-state index in [2.05, 4.69) is 11.1 Å². The van der Waals surface area contributed by atoms with Crippen molar-refractivity contribution in [3.63, 3.8) is 0 Å². The van der Waals surface area contributed by atoms with Gasteiger partial charge in [-0.05, 0) is 55.5 Å². The molecule has 0 atom stereocenters. The molecule has 1 saturated heterocycles. The normalized spacial score (nSPS) is 15.9. The fourth-order valence-electron chi connectivity index (χ4n) is 4.39. The molecular formula is C23H28N4O3S. The molecule has 1 aliphatic heterocycles. The molecule has 0 radical (unpaired) electrons. The van der Waals surface area contributed by atoms with Crippen molar-refractivity contribution >= 4 is 38.2 Å². The number of carbonyl (C=O) groups excluding carboxylic acids is 1. The number of benzene rings is 2. The quantitative estimate of drug-likeness (QED) is 0.612. The monoisotopic (exact) mass is 440 g/mol. The van der Waals surface area contributed by atoms with Crippen molar-refractivity contribution in [3.8, 4) is 0 Å². The molecule has 0 saturated carbocycles. The van der Waals surface area contributed by atoms with Crippen molar-refractivity contribution in [1.29, 1.82) is 0 Å². The van der Waals surface area contributed by atoms with Gasteiger partial charge in [-0.15, -0.1) is 0 Å². The van der Waals surface area contributed by atoms with Crippen molar-refractivity contribution in [2.75, 3.05) is 30.8 Å². The predicted octanol–water partition coefficient (Wildman–Crippen LogP) is 3.56. The minimum Gasteiger partial charge on any atom is -0.366 e. The first-order valence-corrected chi connectivity index (χ1v) is 12.1. The lowest BCUT2D eigenvalue weighted by atomic mass is 9.89. The summed E-state index contributed by atoms with van der Waals surface area (Å²) in [7, 11) is -1.20. The summed E-state index contributed by atoms with van der Waals surface area (Å²) in [4.78, 5) is 17.5. The van der Waals surface area contributed by atoms with E-state index in [0.717, 1.165) is 40.7 Å². The lowest BCUT2D eigenvalue weighted by Crippen LogP contribution is -2.38. The second kappa shape index (κ2) is 8.36. The zero-order valence-corrected chi connectivity index (χ0v) is 18.7. The van der Waals surface area contributed by atoms with E-state index in [1.807, 2.05) is 54.5 Å². The summed E-state index contributed by atoms with van der Waals surface area (Å²) in [5.41, 5.74) is 9.88. The summed E-state index contributed by atoms with van der Waals surface area (Å²) in [5, 5.41) is 0.964. The first-order valence-electron chi connectivity index (χ1n) is 10.5. The minimum absolute atomic E-state index is 0.127. The Hall–Kier alpha value is -2.84. The van der Waals surface area contributed by atoms with Crippen LogP contribution in [0.3, 0.4) is 0 Å². The number of sulfonamides is 1. The summed E-state index contributed by atoms with van der Waals surface area (Å²) >= 11 is 0. The van der Waals surface area contributed by atoms with Crippen LogP contribution in [0.15, 0.2) is 48.7 Å². The molecule has 7 nitrogen and oxygen atoms in total. The van der Waals surface area contributed by atoms with Crippen LogP contribution in [0.25, 0.3) is 10.9 Å². The number of para-hydroxylation sites is 1. The van der Waals surface area contributed by atoms with Gasteiger partial charge in [-0.1, -0.05) is 18.2 Å². The number of carbonyl (C=O) groups is 1. The Balaban J connectivity index is 1.71. The predicted molar refractivity (Wildman–Crippen MR) is 124 cm³/mol. The third-order valence-corrected chi connectivity index (χ3v) is 8.14. The maximum absolute atomic E-state index is 12.2. The third kappa shape index (κ3) is 4.05. The number of hydrogen-bond acceptors (Lipinski definition) is 4. The molecule has 1 fully saturated rings. The van der Waals surface area contributed by atoms with Gasteiger partial charge in [-0.3, -0.25) is 4.79 Å². The van der Waals surface area contributed by atoms with Crippen LogP contribution >= 0.6 is 0 Å². The number of hydrogen-bond donors (Lipinski definition) is 2. The Labute approximate surface area is 182 Å². The standard InChI is InChI=1S/C23H28N4O3S/c1-3-31(29,30)27-11-9-16(10-12-27)21-15-25-22-19(21)13-18(14-20(22)23(24)28)26(2)17-7-5-4-6-8-17/h4-8,13-16,25H,3,9-12H2,1-2H3,(H2,24,28). The molecule has 1 aromatic heterocycles. The number of primary amides is 1. The summed E-state index contributed by atoms with van der Waals surface area (Å²) in [6, 6.07) is 13.8. The van der Waals surface area contributed by atoms with Crippen molar-refractivity contribution in [2.24, 2.45) is 5.73 Å². The number of fused-ring (bicyclic) bond motifs is 1. The van der Waals surface area contributed by atoms with Crippen LogP contribution in [0.5, 0.6) is 0 Å². The zero-order valence-electron chi connectivity index (χ0n) is 17.8. The second-order valence-corrected chi connectivity index (χ2v) is 10.3. The highest BCUT2D eigenvalue weighted by Crippen LogP contribution is 2.37. The fraction of sp³-hybridized carbons (Fsp3) is 0.348. The summed E-state index contributed by atoms with van der Waals surface area (Å²) < 4.78 is 26.0. The van der Waals surface area contributed by atoms with Crippen molar-refractivity contribution in [1.82, 2.24) is 9.29 Å². The van der Waals surface area contributed by atoms with Gasteiger partial charge in [0.1, 0.15) is 0 Å². The number of anilines is 2. The smallest absolute Gasteiger partial charge is 0.250 e. The van der Waals surface area contributed by atoms with Gasteiger partial charge in [-0.2, -0.15) is 0 Å². The molecule has 0 spiro atoms. The van der Waals surface area contributed by atoms with Crippen molar-refractivity contribution in [3.05, 3.63) is 59.8 Å². The van der Waals surface area contributed by atoms with Gasteiger partial charge in [-0.25, -0.2) is 12.7 Å². The highest BCUT2D eigenvalue weighted by Gasteiger charge is 2.29. The number of aromatic amines is 1. The Morgan fingerprint density at radius 3 is 2.45 bits per heavy atom. The molecule has 8 heteroatoms. The van der Waals surface area contributed by atoms with E-state index in [9.17, 15) is 13.2 Å². The Morgan fingerprint density at radius 2 is 1.84 bits per heavy atom. The topological polar surface area (TPSA) is 99.5 Å². The van der Waals surface area contributed by atoms with Crippen molar-refractivity contribution < 1.29 is 13.2 Å². The molecule has 4 rings (SSSR count). The number of nitrogens with zero attached hydrogens (tertiary/aromatic N) is 2. The summed E-state index contributed by atoms with van der Waals surface area (Å²) in [6.45, 7) is 2.71. The lowest BCUT2D eigenvalue weighted by molar-refractivity contribution is 0.100. The van der Waals surface area contributed by atoms with E-state index < -0.39 is 15.9 Å². The number of amides is 1. The van der Waals surface area contributed by atoms with Gasteiger partial charge in [0, 0.05) is 43.1 Å². The lowest BCUT2D eigenvalue weighted by Gasteiger charge is -2.31. The SMILES string of the molecule is CCS(=O)(=O)N1CCC(c2c[nH]c3c(C(N)=O)cc(N(C)c4ccccc4)cc23)CC1. The average molecular weight is 441 g/mol. The molecule has 2 heterocycles. The maximum atomic E-state index is 12.2. The number of piperidine rings is 1. The molecule has 1 amide bonds. The van der Waals surface area contributed by atoms with Gasteiger partial charge >= 0.3 is 0 Å². The van der Waals surface area contributed by atoms with Gasteiger partial charge in [0.05, 0.1) is 16.8 Å². The molecule has 2 aromatic carbocycles. The van der Waals surface area contributed by atoms with Crippen molar-refractivity contribution in [2.45, 2.75) is 25.7 Å². The zero-order chi connectivity index (χ0) is 22.2. The number of H-pyrrole nitrogens is 1. The molecule has 1 aliphatic rings. The molecule has 0 aliphatic carbocycles. The summed E-state index contributed by atoms with van der Waals surface area (Å²) in [6.07, 6.45) is 3.44. The molecule has 31 heavy (non-hydrogen) atoms. The molecule has 3 aromatic rings. The van der Waals surface area contributed by atoms with E-state index in [0.29, 0.717) is 18.7 Å². The Morgan fingerprint density at radius 1 is 1.16 bits per heavy atom. The van der Waals surface area contributed by atoms with Gasteiger partial charge in [0.25, 0.3) is 5.91 Å². The van der Waals surface area contributed by atoms with E-state index in [1.165, 1.54) is 0 Å². The molecule has 164 valence electrons. The number of nitrogens with two attached hydrogens (primary N) is 1. The maximum Gasteiger partial charge on any atom is 0.250 e. The highest BCUT2D eigenvalue weighted by atomic mass is 32.2. The van der Waals surface area contributed by atoms with Crippen LogP contribution in [-0.2, 0) is 10.0 Å². The Kier molecular flexibility index (Phi) is 5.77. The van der Waals surface area contributed by atoms with Crippen LogP contribution in [0.2, 0.25) is 0 Å². The molecular weight excluding hydrogens is 412 g/mol. The van der Waals surface area contributed by atoms with Crippen LogP contribution in [0, 0.1) is 0 Å². The van der Waals surface area contributed by atoms with E-state index >= 15 is 0 Å². The number of aromatic nitrogens is 1. The van der Waals surface area contributed by atoms with E-state index in [-0.39, 0.29) is 11.7 Å². The number of rotatable bonds is 6. The van der Waals surface area contributed by atoms with Gasteiger partial charge in [0.2, 0.25) is 10.0 Å². The van der Waals surface area contributed by atoms with E-state index in [1.54, 1.807) is 11.2 Å². The summed E-state index contributed by atoms with van der Waals surface area (Å²) in [5.74, 6) is -0.136. The second-order valence-electron chi connectivity index (χ2n) is 7.99. The first kappa shape index (κ1) is 21.4. The van der Waals surface area contributed by atoms with Crippen LogP contribution in [0.1, 0.15) is 41.6 Å². The van der Waals surface area contributed by atoms with Gasteiger partial charge < -0.3 is 15.6 Å². The van der Waals surface area contributed by atoms with Crippen LogP contribution in [0.4, 0.5) is 11.4 Å². The molecule has 3 N–H and O–H groups in total. The van der Waals surface area contributed by atoms with E-state index in [4.69, 9.17) is 5.73 Å². The Bertz CT molecular complexity index is 1200.